The fourth-order valence-corrected chi connectivity index (χ4v) is 4.00. The first-order chi connectivity index (χ1) is 10.1. The van der Waals surface area contributed by atoms with Crippen LogP contribution in [0.5, 0.6) is 0 Å². The largest absolute Gasteiger partial charge is 0.310 e. The first-order valence-electron chi connectivity index (χ1n) is 8.28. The summed E-state index contributed by atoms with van der Waals surface area (Å²) in [4.78, 5) is 2.62. The van der Waals surface area contributed by atoms with Gasteiger partial charge in [-0.05, 0) is 36.9 Å². The molecule has 3 rings (SSSR count). The van der Waals surface area contributed by atoms with Crippen LogP contribution in [0.1, 0.15) is 44.2 Å². The second-order valence-corrected chi connectivity index (χ2v) is 8.91. The summed E-state index contributed by atoms with van der Waals surface area (Å²) in [5.41, 5.74) is 2.90. The molecule has 2 aliphatic rings. The van der Waals surface area contributed by atoms with Crippen LogP contribution in [0.25, 0.3) is 0 Å². The summed E-state index contributed by atoms with van der Waals surface area (Å²) in [5, 5.41) is 3.61. The predicted octanol–water partition coefficient (Wildman–Crippen LogP) is 3.66. The smallest absolute Gasteiger partial charge is 0.0234 e. The van der Waals surface area contributed by atoms with Gasteiger partial charge in [0, 0.05) is 36.2 Å². The maximum atomic E-state index is 3.61. The van der Waals surface area contributed by atoms with E-state index in [0.29, 0.717) is 4.75 Å². The van der Waals surface area contributed by atoms with Gasteiger partial charge in [0.2, 0.25) is 0 Å². The van der Waals surface area contributed by atoms with Gasteiger partial charge in [0.25, 0.3) is 0 Å². The van der Waals surface area contributed by atoms with Crippen LogP contribution in [0.15, 0.2) is 24.3 Å². The van der Waals surface area contributed by atoms with E-state index < -0.39 is 0 Å². The number of nitrogens with one attached hydrogen (secondary N) is 1. The average molecular weight is 305 g/mol. The number of rotatable bonds is 5. The Bertz CT molecular complexity index is 468. The second kappa shape index (κ2) is 6.72. The van der Waals surface area contributed by atoms with Crippen LogP contribution in [-0.4, -0.2) is 34.5 Å². The lowest BCUT2D eigenvalue weighted by molar-refractivity contribution is 0.276. The molecule has 1 aliphatic heterocycles. The topological polar surface area (TPSA) is 15.3 Å². The van der Waals surface area contributed by atoms with Crippen LogP contribution in [-0.2, 0) is 13.1 Å². The molecule has 1 aliphatic carbocycles. The summed E-state index contributed by atoms with van der Waals surface area (Å²) < 4.78 is 0.449. The van der Waals surface area contributed by atoms with E-state index in [1.807, 2.05) is 0 Å². The molecule has 0 bridgehead atoms. The minimum atomic E-state index is 0.449. The Hall–Kier alpha value is -0.510. The summed E-state index contributed by atoms with van der Waals surface area (Å²) in [5.74, 6) is 1.26. The summed E-state index contributed by atoms with van der Waals surface area (Å²) in [6, 6.07) is 9.93. The van der Waals surface area contributed by atoms with Gasteiger partial charge in [-0.25, -0.2) is 0 Å². The van der Waals surface area contributed by atoms with Crippen molar-refractivity contribution in [2.24, 2.45) is 0 Å². The molecule has 1 N–H and O–H groups in total. The molecule has 0 radical (unpaired) electrons. The normalized spacial score (nSPS) is 23.0. The Kier molecular flexibility index (Phi) is 4.92. The van der Waals surface area contributed by atoms with Crippen molar-refractivity contribution in [3.8, 4) is 0 Å². The minimum absolute atomic E-state index is 0.449. The lowest BCUT2D eigenvalue weighted by Gasteiger charge is -2.22. The van der Waals surface area contributed by atoms with E-state index in [0.717, 1.165) is 19.1 Å². The van der Waals surface area contributed by atoms with Crippen LogP contribution < -0.4 is 5.32 Å². The van der Waals surface area contributed by atoms with Gasteiger partial charge in [0.05, 0.1) is 0 Å². The second-order valence-electron chi connectivity index (χ2n) is 7.11. The number of benzene rings is 1. The van der Waals surface area contributed by atoms with Gasteiger partial charge < -0.3 is 5.32 Å². The zero-order chi connectivity index (χ0) is 14.7. The SMILES string of the molecule is CC1(C)CCN(Cc2cccc(CNC3CC3)c2)CCS1. The fourth-order valence-electron chi connectivity index (χ4n) is 2.87. The summed E-state index contributed by atoms with van der Waals surface area (Å²) >= 11 is 2.13. The number of nitrogens with zero attached hydrogens (tertiary/aromatic N) is 1. The first-order valence-corrected chi connectivity index (χ1v) is 9.27. The van der Waals surface area contributed by atoms with Crippen molar-refractivity contribution >= 4 is 11.8 Å². The molecule has 1 saturated heterocycles. The van der Waals surface area contributed by atoms with Gasteiger partial charge in [0.1, 0.15) is 0 Å². The van der Waals surface area contributed by atoms with Crippen molar-refractivity contribution in [2.75, 3.05) is 18.8 Å². The van der Waals surface area contributed by atoms with E-state index >= 15 is 0 Å². The monoisotopic (exact) mass is 304 g/mol. The molecule has 1 aromatic carbocycles. The van der Waals surface area contributed by atoms with Crippen LogP contribution in [0.2, 0.25) is 0 Å². The van der Waals surface area contributed by atoms with Gasteiger partial charge in [-0.15, -0.1) is 0 Å². The zero-order valence-electron chi connectivity index (χ0n) is 13.4. The molecule has 0 amide bonds. The highest BCUT2D eigenvalue weighted by Crippen LogP contribution is 2.31. The molecule has 2 nitrogen and oxygen atoms in total. The van der Waals surface area contributed by atoms with Crippen molar-refractivity contribution in [1.82, 2.24) is 10.2 Å². The molecule has 1 heterocycles. The van der Waals surface area contributed by atoms with Crippen molar-refractivity contribution in [1.29, 1.82) is 0 Å². The Morgan fingerprint density at radius 2 is 2.05 bits per heavy atom. The lowest BCUT2D eigenvalue weighted by Crippen LogP contribution is -2.26. The summed E-state index contributed by atoms with van der Waals surface area (Å²) in [6.45, 7) is 9.34. The maximum absolute atomic E-state index is 3.61. The number of hydrogen-bond acceptors (Lipinski definition) is 3. The van der Waals surface area contributed by atoms with Crippen molar-refractivity contribution in [3.63, 3.8) is 0 Å². The molecule has 2 fully saturated rings. The van der Waals surface area contributed by atoms with Crippen molar-refractivity contribution in [3.05, 3.63) is 35.4 Å². The number of hydrogen-bond donors (Lipinski definition) is 1. The Morgan fingerprint density at radius 3 is 2.86 bits per heavy atom. The van der Waals surface area contributed by atoms with Crippen LogP contribution in [0, 0.1) is 0 Å². The summed E-state index contributed by atoms with van der Waals surface area (Å²) in [7, 11) is 0. The van der Waals surface area contributed by atoms with E-state index in [1.54, 1.807) is 0 Å². The van der Waals surface area contributed by atoms with Gasteiger partial charge in [0.15, 0.2) is 0 Å². The van der Waals surface area contributed by atoms with E-state index in [-0.39, 0.29) is 0 Å². The van der Waals surface area contributed by atoms with Gasteiger partial charge in [-0.3, -0.25) is 4.90 Å². The van der Waals surface area contributed by atoms with E-state index in [4.69, 9.17) is 0 Å². The highest BCUT2D eigenvalue weighted by Gasteiger charge is 2.23. The number of thioether (sulfide) groups is 1. The average Bonchev–Trinajstić information content (AvgIpc) is 3.27. The molecule has 116 valence electrons. The minimum Gasteiger partial charge on any atom is -0.310 e. The molecule has 0 aromatic heterocycles. The van der Waals surface area contributed by atoms with Crippen LogP contribution in [0.4, 0.5) is 0 Å². The molecule has 1 saturated carbocycles. The third kappa shape index (κ3) is 5.01. The van der Waals surface area contributed by atoms with Crippen LogP contribution in [0.3, 0.4) is 0 Å². The molecule has 0 atom stereocenters. The first kappa shape index (κ1) is 15.4. The molecule has 0 unspecified atom stereocenters. The van der Waals surface area contributed by atoms with Gasteiger partial charge >= 0.3 is 0 Å². The highest BCUT2D eigenvalue weighted by atomic mass is 32.2. The van der Waals surface area contributed by atoms with Crippen LogP contribution >= 0.6 is 11.8 Å². The van der Waals surface area contributed by atoms with Gasteiger partial charge in [-0.2, -0.15) is 11.8 Å². The quantitative estimate of drug-likeness (QED) is 0.894. The predicted molar refractivity (Wildman–Crippen MR) is 92.7 cm³/mol. The maximum Gasteiger partial charge on any atom is 0.0234 e. The van der Waals surface area contributed by atoms with Crippen molar-refractivity contribution < 1.29 is 0 Å². The summed E-state index contributed by atoms with van der Waals surface area (Å²) in [6.07, 6.45) is 4.02. The Labute approximate surface area is 133 Å². The molecule has 1 aromatic rings. The van der Waals surface area contributed by atoms with E-state index in [2.05, 4.69) is 60.1 Å². The third-order valence-electron chi connectivity index (χ3n) is 4.50. The van der Waals surface area contributed by atoms with Crippen molar-refractivity contribution in [2.45, 2.75) is 57.0 Å². The highest BCUT2D eigenvalue weighted by molar-refractivity contribution is 8.00. The molecular formula is C18H28N2S. The van der Waals surface area contributed by atoms with E-state index in [9.17, 15) is 0 Å². The third-order valence-corrected chi connectivity index (χ3v) is 5.87. The molecule has 21 heavy (non-hydrogen) atoms. The Morgan fingerprint density at radius 1 is 1.24 bits per heavy atom. The lowest BCUT2D eigenvalue weighted by atomic mass is 10.1. The fraction of sp³-hybridized carbons (Fsp3) is 0.667. The zero-order valence-corrected chi connectivity index (χ0v) is 14.2. The van der Waals surface area contributed by atoms with E-state index in [1.165, 1.54) is 49.2 Å². The molecular weight excluding hydrogens is 276 g/mol. The molecule has 0 spiro atoms. The standard InChI is InChI=1S/C18H28N2S/c1-18(2)8-9-20(10-11-21-18)14-16-5-3-4-15(12-16)13-19-17-6-7-17/h3-5,12,17,19H,6-11,13-14H2,1-2H3. The Balaban J connectivity index is 1.55. The molecule has 3 heteroatoms. The van der Waals surface area contributed by atoms with Gasteiger partial charge in [-0.1, -0.05) is 38.1 Å².